The fourth-order valence-corrected chi connectivity index (χ4v) is 1.31. The van der Waals surface area contributed by atoms with Crippen molar-refractivity contribution in [2.75, 3.05) is 0 Å². The largest absolute Gasteiger partial charge is 0.417 e. The Labute approximate surface area is 89.2 Å². The number of allylic oxidation sites excluding steroid dienone is 1. The average molecular weight is 235 g/mol. The highest BCUT2D eigenvalue weighted by Crippen LogP contribution is 2.34. The standard InChI is InChI=1S/C10H6ClF3O/c11-9-6-7(2-1-5-15)3-4-8(9)10(12,13)14/h1-6H/b2-1+. The van der Waals surface area contributed by atoms with Gasteiger partial charge in [-0.25, -0.2) is 0 Å². The van der Waals surface area contributed by atoms with Crippen LogP contribution in [0.15, 0.2) is 24.3 Å². The summed E-state index contributed by atoms with van der Waals surface area (Å²) in [6, 6.07) is 3.28. The van der Waals surface area contributed by atoms with E-state index >= 15 is 0 Å². The first-order valence-electron chi connectivity index (χ1n) is 3.94. The molecule has 0 aromatic heterocycles. The number of carbonyl (C=O) groups excluding carboxylic acids is 1. The molecule has 0 heterocycles. The van der Waals surface area contributed by atoms with Gasteiger partial charge in [-0.05, 0) is 23.8 Å². The summed E-state index contributed by atoms with van der Waals surface area (Å²) in [4.78, 5) is 9.99. The van der Waals surface area contributed by atoms with E-state index in [1.165, 1.54) is 18.2 Å². The van der Waals surface area contributed by atoms with Gasteiger partial charge in [-0.15, -0.1) is 0 Å². The molecule has 0 unspecified atom stereocenters. The lowest BCUT2D eigenvalue weighted by Gasteiger charge is -2.08. The van der Waals surface area contributed by atoms with Crippen molar-refractivity contribution in [1.82, 2.24) is 0 Å². The van der Waals surface area contributed by atoms with Crippen molar-refractivity contribution in [1.29, 1.82) is 0 Å². The van der Waals surface area contributed by atoms with E-state index in [4.69, 9.17) is 11.6 Å². The molecule has 0 atom stereocenters. The van der Waals surface area contributed by atoms with Crippen LogP contribution in [0.3, 0.4) is 0 Å². The Hall–Kier alpha value is -1.29. The topological polar surface area (TPSA) is 17.1 Å². The van der Waals surface area contributed by atoms with Gasteiger partial charge in [0.25, 0.3) is 0 Å². The summed E-state index contributed by atoms with van der Waals surface area (Å²) >= 11 is 5.45. The third kappa shape index (κ3) is 3.09. The second-order valence-corrected chi connectivity index (χ2v) is 3.14. The molecule has 0 bridgehead atoms. The number of rotatable bonds is 2. The molecule has 0 spiro atoms. The Kier molecular flexibility index (Phi) is 3.52. The lowest BCUT2D eigenvalue weighted by molar-refractivity contribution is -0.137. The summed E-state index contributed by atoms with van der Waals surface area (Å²) in [5, 5.41) is -0.379. The minimum atomic E-state index is -4.45. The van der Waals surface area contributed by atoms with E-state index in [0.717, 1.165) is 12.1 Å². The summed E-state index contributed by atoms with van der Waals surface area (Å²) in [6.45, 7) is 0. The number of aldehydes is 1. The first kappa shape index (κ1) is 11.8. The Morgan fingerprint density at radius 3 is 2.40 bits per heavy atom. The smallest absolute Gasteiger partial charge is 0.299 e. The quantitative estimate of drug-likeness (QED) is 0.565. The maximum absolute atomic E-state index is 12.3. The lowest BCUT2D eigenvalue weighted by Crippen LogP contribution is -2.05. The Bertz CT molecular complexity index is 396. The molecule has 1 nitrogen and oxygen atoms in total. The van der Waals surface area contributed by atoms with Crippen LogP contribution in [0.4, 0.5) is 13.2 Å². The van der Waals surface area contributed by atoms with Gasteiger partial charge in [0.15, 0.2) is 0 Å². The number of hydrogen-bond acceptors (Lipinski definition) is 1. The third-order valence-electron chi connectivity index (χ3n) is 1.67. The van der Waals surface area contributed by atoms with Gasteiger partial charge >= 0.3 is 6.18 Å². The summed E-state index contributed by atoms with van der Waals surface area (Å²) in [5.74, 6) is 0. The molecule has 0 saturated carbocycles. The molecular weight excluding hydrogens is 229 g/mol. The van der Waals surface area contributed by atoms with Crippen LogP contribution in [0.2, 0.25) is 5.02 Å². The van der Waals surface area contributed by atoms with Crippen molar-refractivity contribution >= 4 is 24.0 Å². The van der Waals surface area contributed by atoms with Crippen molar-refractivity contribution in [3.05, 3.63) is 40.4 Å². The molecule has 0 aliphatic heterocycles. The van der Waals surface area contributed by atoms with Crippen LogP contribution < -0.4 is 0 Å². The third-order valence-corrected chi connectivity index (χ3v) is 1.98. The van der Waals surface area contributed by atoms with Gasteiger partial charge < -0.3 is 0 Å². The van der Waals surface area contributed by atoms with Crippen LogP contribution in [0.1, 0.15) is 11.1 Å². The fraction of sp³-hybridized carbons (Fsp3) is 0.100. The molecule has 1 aromatic carbocycles. The molecule has 0 saturated heterocycles. The van der Waals surface area contributed by atoms with Crippen molar-refractivity contribution in [2.24, 2.45) is 0 Å². The van der Waals surface area contributed by atoms with Gasteiger partial charge in [-0.2, -0.15) is 13.2 Å². The molecule has 1 aromatic rings. The molecular formula is C10H6ClF3O. The van der Waals surface area contributed by atoms with E-state index in [9.17, 15) is 18.0 Å². The van der Waals surface area contributed by atoms with Crippen LogP contribution >= 0.6 is 11.6 Å². The van der Waals surface area contributed by atoms with E-state index in [-0.39, 0.29) is 5.02 Å². The van der Waals surface area contributed by atoms with E-state index in [2.05, 4.69) is 0 Å². The number of carbonyl (C=O) groups is 1. The molecule has 0 radical (unpaired) electrons. The highest BCUT2D eigenvalue weighted by atomic mass is 35.5. The number of hydrogen-bond donors (Lipinski definition) is 0. The van der Waals surface area contributed by atoms with Gasteiger partial charge in [0.05, 0.1) is 10.6 Å². The molecule has 5 heteroatoms. The Morgan fingerprint density at radius 1 is 1.27 bits per heavy atom. The summed E-state index contributed by atoms with van der Waals surface area (Å²) in [5.41, 5.74) is -0.437. The zero-order valence-electron chi connectivity index (χ0n) is 7.38. The molecule has 15 heavy (non-hydrogen) atoms. The van der Waals surface area contributed by atoms with Crippen LogP contribution in [0, 0.1) is 0 Å². The normalized spacial score (nSPS) is 12.0. The van der Waals surface area contributed by atoms with Crippen molar-refractivity contribution in [3.8, 4) is 0 Å². The van der Waals surface area contributed by atoms with Gasteiger partial charge in [0, 0.05) is 0 Å². The Balaban J connectivity index is 3.09. The minimum Gasteiger partial charge on any atom is -0.299 e. The molecule has 1 rings (SSSR count). The first-order valence-corrected chi connectivity index (χ1v) is 4.31. The molecule has 0 amide bonds. The zero-order chi connectivity index (χ0) is 11.5. The molecule has 0 N–H and O–H groups in total. The van der Waals surface area contributed by atoms with Gasteiger partial charge in [-0.3, -0.25) is 4.79 Å². The van der Waals surface area contributed by atoms with Crippen molar-refractivity contribution in [2.45, 2.75) is 6.18 Å². The van der Waals surface area contributed by atoms with Gasteiger partial charge in [0.2, 0.25) is 0 Å². The lowest BCUT2D eigenvalue weighted by atomic mass is 10.1. The van der Waals surface area contributed by atoms with Gasteiger partial charge in [0.1, 0.15) is 6.29 Å². The molecule has 0 fully saturated rings. The number of alkyl halides is 3. The van der Waals surface area contributed by atoms with Crippen LogP contribution in [0.5, 0.6) is 0 Å². The molecule has 0 aliphatic rings. The second-order valence-electron chi connectivity index (χ2n) is 2.73. The van der Waals surface area contributed by atoms with E-state index < -0.39 is 11.7 Å². The zero-order valence-corrected chi connectivity index (χ0v) is 8.14. The second kappa shape index (κ2) is 4.49. The SMILES string of the molecule is O=C/C=C/c1ccc(C(F)(F)F)c(Cl)c1. The fourth-order valence-electron chi connectivity index (χ4n) is 1.02. The van der Waals surface area contributed by atoms with Crippen LogP contribution in [-0.2, 0) is 11.0 Å². The number of halogens is 4. The monoisotopic (exact) mass is 234 g/mol. The predicted octanol–water partition coefficient (Wildman–Crippen LogP) is 3.57. The predicted molar refractivity (Wildman–Crippen MR) is 51.6 cm³/mol. The highest BCUT2D eigenvalue weighted by molar-refractivity contribution is 6.31. The Morgan fingerprint density at radius 2 is 1.93 bits per heavy atom. The minimum absolute atomic E-state index is 0.379. The highest BCUT2D eigenvalue weighted by Gasteiger charge is 2.32. The van der Waals surface area contributed by atoms with E-state index in [0.29, 0.717) is 11.8 Å². The van der Waals surface area contributed by atoms with Crippen LogP contribution in [-0.4, -0.2) is 6.29 Å². The molecule has 0 aliphatic carbocycles. The van der Waals surface area contributed by atoms with Gasteiger partial charge in [-0.1, -0.05) is 23.7 Å². The average Bonchev–Trinajstić information content (AvgIpc) is 2.12. The summed E-state index contributed by atoms with van der Waals surface area (Å²) in [7, 11) is 0. The van der Waals surface area contributed by atoms with Crippen LogP contribution in [0.25, 0.3) is 6.08 Å². The van der Waals surface area contributed by atoms with Crippen molar-refractivity contribution in [3.63, 3.8) is 0 Å². The van der Waals surface area contributed by atoms with Crippen molar-refractivity contribution < 1.29 is 18.0 Å². The summed E-state index contributed by atoms with van der Waals surface area (Å²) in [6.07, 6.45) is -1.37. The maximum Gasteiger partial charge on any atom is 0.417 e. The summed E-state index contributed by atoms with van der Waals surface area (Å²) < 4.78 is 36.8. The molecule has 80 valence electrons. The first-order chi connectivity index (χ1) is 6.95. The van der Waals surface area contributed by atoms with E-state index in [1.54, 1.807) is 0 Å². The van der Waals surface area contributed by atoms with E-state index in [1.807, 2.05) is 0 Å². The maximum atomic E-state index is 12.3. The number of benzene rings is 1.